The molecule has 0 spiro atoms. The number of hydrogen-bond donors (Lipinski definition) is 1. The van der Waals surface area contributed by atoms with E-state index >= 15 is 0 Å². The Morgan fingerprint density at radius 1 is 1.31 bits per heavy atom. The smallest absolute Gasteiger partial charge is 0.257 e. The van der Waals surface area contributed by atoms with Crippen molar-refractivity contribution in [2.75, 3.05) is 13.1 Å². The Labute approximate surface area is 176 Å². The molecule has 0 bridgehead atoms. The van der Waals surface area contributed by atoms with Crippen LogP contribution in [0.15, 0.2) is 30.5 Å². The minimum absolute atomic E-state index is 0.0426. The summed E-state index contributed by atoms with van der Waals surface area (Å²) in [4.78, 5) is 15.0. The van der Waals surface area contributed by atoms with E-state index in [0.717, 1.165) is 25.1 Å². The lowest BCUT2D eigenvalue weighted by Crippen LogP contribution is -2.42. The van der Waals surface area contributed by atoms with Gasteiger partial charge in [0.1, 0.15) is 11.9 Å². The van der Waals surface area contributed by atoms with Crippen LogP contribution in [0.3, 0.4) is 0 Å². The summed E-state index contributed by atoms with van der Waals surface area (Å²) in [6, 6.07) is 7.26. The van der Waals surface area contributed by atoms with Crippen molar-refractivity contribution in [2.24, 2.45) is 11.8 Å². The van der Waals surface area contributed by atoms with Gasteiger partial charge in [-0.1, -0.05) is 24.6 Å². The molecule has 1 saturated heterocycles. The van der Waals surface area contributed by atoms with E-state index in [1.165, 1.54) is 0 Å². The number of halogens is 1. The first-order valence-electron chi connectivity index (χ1n) is 10.4. The van der Waals surface area contributed by atoms with Crippen LogP contribution in [0.4, 0.5) is 0 Å². The van der Waals surface area contributed by atoms with Crippen molar-refractivity contribution in [3.8, 4) is 5.75 Å². The minimum Gasteiger partial charge on any atom is -0.488 e. The van der Waals surface area contributed by atoms with Crippen LogP contribution in [0, 0.1) is 18.8 Å². The van der Waals surface area contributed by atoms with Gasteiger partial charge in [-0.15, -0.1) is 0 Å². The van der Waals surface area contributed by atoms with Gasteiger partial charge in [-0.2, -0.15) is 5.10 Å². The summed E-state index contributed by atoms with van der Waals surface area (Å²) < 4.78 is 7.93. The fraction of sp³-hybridized carbons (Fsp3) is 0.545. The molecule has 0 unspecified atom stereocenters. The fourth-order valence-corrected chi connectivity index (χ4v) is 4.84. The number of carbonyl (C=O) groups is 1. The standard InChI is InChI=1S/C22H28ClN3O3/c1-3-7-26-14(2)19(11-24-26)22(28)25-12-15-8-20(27)21(9-16(15)13-25)29-18-6-4-5-17(23)10-18/h4-6,10-11,15-16,20-21,27H,3,7-9,12-13H2,1-2H3/t15-,16+,20+,21+/m0/s1. The Hall–Kier alpha value is -2.05. The number of aryl methyl sites for hydroxylation is 1. The fourth-order valence-electron chi connectivity index (χ4n) is 4.66. The van der Waals surface area contributed by atoms with Gasteiger partial charge in [0, 0.05) is 30.4 Å². The lowest BCUT2D eigenvalue weighted by molar-refractivity contribution is -0.0231. The first-order chi connectivity index (χ1) is 14.0. The number of nitrogens with zero attached hydrogens (tertiary/aromatic N) is 3. The van der Waals surface area contributed by atoms with Crippen molar-refractivity contribution >= 4 is 17.5 Å². The average molecular weight is 418 g/mol. The summed E-state index contributed by atoms with van der Waals surface area (Å²) in [5.41, 5.74) is 1.61. The quantitative estimate of drug-likeness (QED) is 0.807. The highest BCUT2D eigenvalue weighted by molar-refractivity contribution is 6.30. The van der Waals surface area contributed by atoms with E-state index in [0.29, 0.717) is 47.7 Å². The number of hydrogen-bond acceptors (Lipinski definition) is 4. The highest BCUT2D eigenvalue weighted by atomic mass is 35.5. The number of benzene rings is 1. The number of fused-ring (bicyclic) bond motifs is 1. The lowest BCUT2D eigenvalue weighted by Gasteiger charge is -2.35. The van der Waals surface area contributed by atoms with Crippen LogP contribution >= 0.6 is 11.6 Å². The highest BCUT2D eigenvalue weighted by Gasteiger charge is 2.44. The van der Waals surface area contributed by atoms with Gasteiger partial charge in [0.05, 0.1) is 17.9 Å². The maximum Gasteiger partial charge on any atom is 0.257 e. The summed E-state index contributed by atoms with van der Waals surface area (Å²) >= 11 is 6.04. The molecule has 4 rings (SSSR count). The number of carbonyl (C=O) groups excluding carboxylic acids is 1. The number of aromatic nitrogens is 2. The van der Waals surface area contributed by atoms with Crippen LogP contribution in [-0.4, -0.2) is 51.0 Å². The first kappa shape index (κ1) is 20.2. The Bertz CT molecular complexity index is 884. The number of amides is 1. The van der Waals surface area contributed by atoms with Crippen LogP contribution in [0.2, 0.25) is 5.02 Å². The number of aliphatic hydroxyl groups excluding tert-OH is 1. The molecule has 4 atom stereocenters. The predicted octanol–water partition coefficient (Wildman–Crippen LogP) is 3.55. The third kappa shape index (κ3) is 4.14. The SMILES string of the molecule is CCCn1ncc(C(=O)N2C[C@H]3C[C@@H](Oc4cccc(Cl)c4)[C@H](O)C[C@H]3C2)c1C. The first-order valence-corrected chi connectivity index (χ1v) is 10.8. The number of rotatable bonds is 5. The van der Waals surface area contributed by atoms with Gasteiger partial charge in [0.2, 0.25) is 0 Å². The Morgan fingerprint density at radius 2 is 2.07 bits per heavy atom. The normalized spacial score (nSPS) is 26.4. The Kier molecular flexibility index (Phi) is 5.83. The Balaban J connectivity index is 1.42. The van der Waals surface area contributed by atoms with Gasteiger partial charge in [-0.05, 0) is 56.2 Å². The molecule has 2 aromatic rings. The molecular formula is C22H28ClN3O3. The van der Waals surface area contributed by atoms with E-state index in [1.807, 2.05) is 28.6 Å². The monoisotopic (exact) mass is 417 g/mol. The molecule has 2 aliphatic rings. The van der Waals surface area contributed by atoms with Crippen LogP contribution in [0.25, 0.3) is 0 Å². The molecule has 0 radical (unpaired) electrons. The summed E-state index contributed by atoms with van der Waals surface area (Å²) in [6.07, 6.45) is 3.23. The Morgan fingerprint density at radius 3 is 2.79 bits per heavy atom. The molecule has 1 saturated carbocycles. The minimum atomic E-state index is -0.542. The molecule has 29 heavy (non-hydrogen) atoms. The van der Waals surface area contributed by atoms with Crippen molar-refractivity contribution < 1.29 is 14.6 Å². The van der Waals surface area contributed by atoms with Crippen LogP contribution in [0.5, 0.6) is 5.75 Å². The third-order valence-corrected chi connectivity index (χ3v) is 6.46. The molecule has 2 fully saturated rings. The lowest BCUT2D eigenvalue weighted by atomic mass is 9.78. The largest absolute Gasteiger partial charge is 0.488 e. The summed E-state index contributed by atoms with van der Waals surface area (Å²) in [5.74, 6) is 1.35. The van der Waals surface area contributed by atoms with Crippen molar-refractivity contribution in [3.63, 3.8) is 0 Å². The van der Waals surface area contributed by atoms with Gasteiger partial charge >= 0.3 is 0 Å². The molecule has 156 valence electrons. The second kappa shape index (κ2) is 8.36. The van der Waals surface area contributed by atoms with Gasteiger partial charge in [-0.25, -0.2) is 0 Å². The molecule has 1 aromatic heterocycles. The van der Waals surface area contributed by atoms with E-state index in [2.05, 4.69) is 12.0 Å². The van der Waals surface area contributed by atoms with E-state index < -0.39 is 6.10 Å². The number of ether oxygens (including phenoxy) is 1. The van der Waals surface area contributed by atoms with Gasteiger partial charge < -0.3 is 14.7 Å². The van der Waals surface area contributed by atoms with E-state index in [4.69, 9.17) is 16.3 Å². The van der Waals surface area contributed by atoms with E-state index in [9.17, 15) is 9.90 Å². The zero-order valence-corrected chi connectivity index (χ0v) is 17.7. The van der Waals surface area contributed by atoms with Crippen molar-refractivity contribution in [2.45, 2.75) is 51.9 Å². The summed E-state index contributed by atoms with van der Waals surface area (Å²) in [7, 11) is 0. The molecular weight excluding hydrogens is 390 g/mol. The molecule has 1 N–H and O–H groups in total. The molecule has 1 aliphatic heterocycles. The highest BCUT2D eigenvalue weighted by Crippen LogP contribution is 2.38. The van der Waals surface area contributed by atoms with E-state index in [-0.39, 0.29) is 12.0 Å². The van der Waals surface area contributed by atoms with Crippen LogP contribution in [0.1, 0.15) is 42.2 Å². The van der Waals surface area contributed by atoms with Crippen molar-refractivity contribution in [1.82, 2.24) is 14.7 Å². The predicted molar refractivity (Wildman–Crippen MR) is 111 cm³/mol. The van der Waals surface area contributed by atoms with Gasteiger partial charge in [0.15, 0.2) is 0 Å². The van der Waals surface area contributed by atoms with Crippen LogP contribution in [-0.2, 0) is 6.54 Å². The second-order valence-corrected chi connectivity index (χ2v) is 8.69. The molecule has 6 nitrogen and oxygen atoms in total. The zero-order valence-electron chi connectivity index (χ0n) is 16.9. The van der Waals surface area contributed by atoms with Gasteiger partial charge in [-0.3, -0.25) is 9.48 Å². The van der Waals surface area contributed by atoms with Crippen LogP contribution < -0.4 is 4.74 Å². The molecule has 1 aromatic carbocycles. The maximum absolute atomic E-state index is 13.1. The average Bonchev–Trinajstić information content (AvgIpc) is 3.25. The van der Waals surface area contributed by atoms with E-state index in [1.54, 1.807) is 18.3 Å². The maximum atomic E-state index is 13.1. The molecule has 2 heterocycles. The molecule has 1 amide bonds. The third-order valence-electron chi connectivity index (χ3n) is 6.22. The van der Waals surface area contributed by atoms with Gasteiger partial charge in [0.25, 0.3) is 5.91 Å². The number of aliphatic hydroxyl groups is 1. The van der Waals surface area contributed by atoms with Crippen molar-refractivity contribution in [1.29, 1.82) is 0 Å². The topological polar surface area (TPSA) is 67.6 Å². The molecule has 7 heteroatoms. The molecule has 1 aliphatic carbocycles. The number of likely N-dealkylation sites (tertiary alicyclic amines) is 1. The summed E-state index contributed by atoms with van der Waals surface area (Å²) in [5, 5.41) is 15.6. The van der Waals surface area contributed by atoms with Crippen molar-refractivity contribution in [3.05, 3.63) is 46.7 Å². The second-order valence-electron chi connectivity index (χ2n) is 8.25. The summed E-state index contributed by atoms with van der Waals surface area (Å²) in [6.45, 7) is 6.25. The zero-order chi connectivity index (χ0) is 20.5.